The normalized spacial score (nSPS) is 12.6. The highest BCUT2D eigenvalue weighted by molar-refractivity contribution is 7.99. The zero-order chi connectivity index (χ0) is 22.1. The fourth-order valence-electron chi connectivity index (χ4n) is 3.45. The first kappa shape index (κ1) is 22.1. The quantitative estimate of drug-likeness (QED) is 0.387. The van der Waals surface area contributed by atoms with Crippen molar-refractivity contribution in [1.82, 2.24) is 14.8 Å². The van der Waals surface area contributed by atoms with Gasteiger partial charge in [-0.15, -0.1) is 21.5 Å². The SMILES string of the molecule is COC(=O)c1c(NC(=O)CSc2nnc(-c3ccc(Cl)cc3Cl)n2C)sc2c1CCC2. The molecule has 0 fully saturated rings. The van der Waals surface area contributed by atoms with E-state index in [1.165, 1.54) is 30.2 Å². The topological polar surface area (TPSA) is 86.1 Å². The number of benzene rings is 1. The van der Waals surface area contributed by atoms with Crippen LogP contribution < -0.4 is 5.32 Å². The molecule has 1 amide bonds. The summed E-state index contributed by atoms with van der Waals surface area (Å²) in [6, 6.07) is 5.15. The van der Waals surface area contributed by atoms with Crippen molar-refractivity contribution in [3.05, 3.63) is 44.2 Å². The van der Waals surface area contributed by atoms with E-state index >= 15 is 0 Å². The number of amides is 1. The van der Waals surface area contributed by atoms with Gasteiger partial charge in [-0.05, 0) is 43.0 Å². The molecule has 162 valence electrons. The molecule has 0 atom stereocenters. The Kier molecular flexibility index (Phi) is 6.57. The molecule has 0 bridgehead atoms. The molecule has 0 aliphatic heterocycles. The second-order valence-electron chi connectivity index (χ2n) is 6.88. The largest absolute Gasteiger partial charge is 0.465 e. The van der Waals surface area contributed by atoms with Crippen molar-refractivity contribution in [3.63, 3.8) is 0 Å². The van der Waals surface area contributed by atoms with E-state index in [4.69, 9.17) is 27.9 Å². The van der Waals surface area contributed by atoms with Crippen molar-refractivity contribution in [2.75, 3.05) is 18.2 Å². The molecular weight excluding hydrogens is 479 g/mol. The summed E-state index contributed by atoms with van der Waals surface area (Å²) >= 11 is 14.9. The maximum atomic E-state index is 12.6. The zero-order valence-electron chi connectivity index (χ0n) is 16.7. The summed E-state index contributed by atoms with van der Waals surface area (Å²) in [6.07, 6.45) is 2.76. The first-order valence-corrected chi connectivity index (χ1v) is 11.9. The van der Waals surface area contributed by atoms with Gasteiger partial charge in [-0.2, -0.15) is 0 Å². The lowest BCUT2D eigenvalue weighted by Crippen LogP contribution is -2.16. The standard InChI is InChI=1S/C20H18Cl2N4O3S2/c1-26-17(11-7-6-10(21)8-13(11)22)24-25-20(26)30-9-15(27)23-18-16(19(28)29-2)12-4-3-5-14(12)31-18/h6-8H,3-5,9H2,1-2H3,(H,23,27). The fourth-order valence-corrected chi connectivity index (χ4v) is 5.95. The minimum absolute atomic E-state index is 0.115. The summed E-state index contributed by atoms with van der Waals surface area (Å²) in [6.45, 7) is 0. The molecule has 11 heteroatoms. The van der Waals surface area contributed by atoms with Crippen LogP contribution in [0.4, 0.5) is 5.00 Å². The molecule has 4 rings (SSSR count). The van der Waals surface area contributed by atoms with Crippen LogP contribution in [0.5, 0.6) is 0 Å². The van der Waals surface area contributed by atoms with Gasteiger partial charge in [0.25, 0.3) is 0 Å². The Hall–Kier alpha value is -2.07. The summed E-state index contributed by atoms with van der Waals surface area (Å²) in [5.41, 5.74) is 2.18. The summed E-state index contributed by atoms with van der Waals surface area (Å²) < 4.78 is 6.69. The third kappa shape index (κ3) is 4.45. The highest BCUT2D eigenvalue weighted by atomic mass is 35.5. The number of carbonyl (C=O) groups is 2. The minimum Gasteiger partial charge on any atom is -0.465 e. The number of nitrogens with zero attached hydrogens (tertiary/aromatic N) is 3. The van der Waals surface area contributed by atoms with Crippen LogP contribution in [0.25, 0.3) is 11.4 Å². The molecule has 3 aromatic rings. The van der Waals surface area contributed by atoms with Gasteiger partial charge in [-0.1, -0.05) is 35.0 Å². The number of anilines is 1. The number of ether oxygens (including phenoxy) is 1. The summed E-state index contributed by atoms with van der Waals surface area (Å²) in [5.74, 6) is 0.0419. The fraction of sp³-hybridized carbons (Fsp3) is 0.300. The summed E-state index contributed by atoms with van der Waals surface area (Å²) in [7, 11) is 3.15. The van der Waals surface area contributed by atoms with Gasteiger partial charge in [0, 0.05) is 22.5 Å². The van der Waals surface area contributed by atoms with Crippen LogP contribution in [-0.4, -0.2) is 39.5 Å². The summed E-state index contributed by atoms with van der Waals surface area (Å²) in [4.78, 5) is 26.0. The van der Waals surface area contributed by atoms with E-state index in [0.717, 1.165) is 29.7 Å². The van der Waals surface area contributed by atoms with Crippen LogP contribution in [0.15, 0.2) is 23.4 Å². The predicted molar refractivity (Wildman–Crippen MR) is 123 cm³/mol. The highest BCUT2D eigenvalue weighted by Crippen LogP contribution is 2.39. The monoisotopic (exact) mass is 496 g/mol. The maximum absolute atomic E-state index is 12.6. The molecule has 2 heterocycles. The summed E-state index contributed by atoms with van der Waals surface area (Å²) in [5, 5.41) is 13.3. The number of esters is 1. The molecule has 0 saturated carbocycles. The predicted octanol–water partition coefficient (Wildman–Crippen LogP) is 4.86. The van der Waals surface area contributed by atoms with Crippen molar-refractivity contribution < 1.29 is 14.3 Å². The van der Waals surface area contributed by atoms with E-state index < -0.39 is 5.97 Å². The first-order chi connectivity index (χ1) is 14.9. The second kappa shape index (κ2) is 9.20. The van der Waals surface area contributed by atoms with E-state index in [2.05, 4.69) is 15.5 Å². The number of carbonyl (C=O) groups excluding carboxylic acids is 2. The number of fused-ring (bicyclic) bond motifs is 1. The van der Waals surface area contributed by atoms with E-state index in [-0.39, 0.29) is 11.7 Å². The van der Waals surface area contributed by atoms with Gasteiger partial charge in [0.1, 0.15) is 5.00 Å². The number of nitrogens with one attached hydrogen (secondary N) is 1. The number of methoxy groups -OCH3 is 1. The molecule has 0 unspecified atom stereocenters. The third-order valence-electron chi connectivity index (χ3n) is 4.90. The number of thiophene rings is 1. The van der Waals surface area contributed by atoms with Crippen LogP contribution in [-0.2, 0) is 29.4 Å². The highest BCUT2D eigenvalue weighted by Gasteiger charge is 2.28. The molecule has 7 nitrogen and oxygen atoms in total. The number of thioether (sulfide) groups is 1. The smallest absolute Gasteiger partial charge is 0.341 e. The Bertz CT molecular complexity index is 1180. The van der Waals surface area contributed by atoms with Crippen LogP contribution in [0.2, 0.25) is 10.0 Å². The molecule has 1 N–H and O–H groups in total. The average molecular weight is 497 g/mol. The number of hydrogen-bond acceptors (Lipinski definition) is 7. The number of halogens is 2. The van der Waals surface area contributed by atoms with Crippen molar-refractivity contribution in [2.24, 2.45) is 7.05 Å². The molecule has 2 aromatic heterocycles. The van der Waals surface area contributed by atoms with Gasteiger partial charge < -0.3 is 14.6 Å². The van der Waals surface area contributed by atoms with Crippen LogP contribution in [0.1, 0.15) is 27.2 Å². The average Bonchev–Trinajstić information content (AvgIpc) is 3.41. The lowest BCUT2D eigenvalue weighted by Gasteiger charge is -2.07. The Balaban J connectivity index is 1.46. The van der Waals surface area contributed by atoms with E-state index in [9.17, 15) is 9.59 Å². The van der Waals surface area contributed by atoms with Crippen LogP contribution >= 0.6 is 46.3 Å². The van der Waals surface area contributed by atoms with Gasteiger partial charge in [-0.25, -0.2) is 4.79 Å². The number of rotatable bonds is 6. The second-order valence-corrected chi connectivity index (χ2v) is 9.77. The van der Waals surface area contributed by atoms with Crippen LogP contribution in [0.3, 0.4) is 0 Å². The number of aryl methyl sites for hydroxylation is 1. The first-order valence-electron chi connectivity index (χ1n) is 9.39. The lowest BCUT2D eigenvalue weighted by atomic mass is 10.1. The minimum atomic E-state index is -0.417. The molecule has 1 aliphatic rings. The van der Waals surface area contributed by atoms with Gasteiger partial charge in [-0.3, -0.25) is 4.79 Å². The Morgan fingerprint density at radius 1 is 1.29 bits per heavy atom. The van der Waals surface area contributed by atoms with Gasteiger partial charge in [0.05, 0.1) is 23.4 Å². The molecule has 31 heavy (non-hydrogen) atoms. The maximum Gasteiger partial charge on any atom is 0.341 e. The molecule has 0 spiro atoms. The van der Waals surface area contributed by atoms with Crippen molar-refractivity contribution >= 4 is 63.2 Å². The van der Waals surface area contributed by atoms with E-state index in [1.807, 2.05) is 0 Å². The third-order valence-corrected chi connectivity index (χ3v) is 7.68. The molecular formula is C20H18Cl2N4O3S2. The van der Waals surface area contributed by atoms with Crippen molar-refractivity contribution in [3.8, 4) is 11.4 Å². The zero-order valence-corrected chi connectivity index (χ0v) is 19.8. The Morgan fingerprint density at radius 2 is 2.10 bits per heavy atom. The molecule has 1 aliphatic carbocycles. The van der Waals surface area contributed by atoms with Gasteiger partial charge in [0.2, 0.25) is 5.91 Å². The Labute approximate surface area is 197 Å². The number of aromatic nitrogens is 3. The number of hydrogen-bond donors (Lipinski definition) is 1. The van der Waals surface area contributed by atoms with E-state index in [0.29, 0.717) is 37.2 Å². The lowest BCUT2D eigenvalue weighted by molar-refractivity contribution is -0.113. The Morgan fingerprint density at radius 3 is 2.84 bits per heavy atom. The van der Waals surface area contributed by atoms with Gasteiger partial charge >= 0.3 is 5.97 Å². The molecule has 1 aromatic carbocycles. The molecule has 0 radical (unpaired) electrons. The van der Waals surface area contributed by atoms with Crippen molar-refractivity contribution in [2.45, 2.75) is 24.4 Å². The molecule has 0 saturated heterocycles. The van der Waals surface area contributed by atoms with Crippen LogP contribution in [0, 0.1) is 0 Å². The van der Waals surface area contributed by atoms with Gasteiger partial charge in [0.15, 0.2) is 11.0 Å². The van der Waals surface area contributed by atoms with Crippen molar-refractivity contribution in [1.29, 1.82) is 0 Å². The van der Waals surface area contributed by atoms with E-state index in [1.54, 1.807) is 29.8 Å².